The van der Waals surface area contributed by atoms with E-state index in [1.165, 1.54) is 24.8 Å². The Hall–Kier alpha value is -2.46. The van der Waals surface area contributed by atoms with Crippen molar-refractivity contribution in [1.29, 1.82) is 0 Å². The monoisotopic (exact) mass is 317 g/mol. The van der Waals surface area contributed by atoms with Gasteiger partial charge in [0.15, 0.2) is 0 Å². The SMILES string of the molecule is O=c1c2cccc3c2c(nn1CN1CCCCC1)-c1ccccc1-3. The van der Waals surface area contributed by atoms with Crippen LogP contribution in [0.15, 0.2) is 47.3 Å². The minimum Gasteiger partial charge on any atom is -0.284 e. The first-order valence-electron chi connectivity index (χ1n) is 8.69. The van der Waals surface area contributed by atoms with Gasteiger partial charge < -0.3 is 0 Å². The number of fused-ring (bicyclic) bond motifs is 3. The van der Waals surface area contributed by atoms with E-state index in [4.69, 9.17) is 5.10 Å². The Morgan fingerprint density at radius 3 is 2.46 bits per heavy atom. The predicted molar refractivity (Wildman–Crippen MR) is 95.9 cm³/mol. The molecule has 0 radical (unpaired) electrons. The van der Waals surface area contributed by atoms with Gasteiger partial charge in [0.2, 0.25) is 0 Å². The number of benzene rings is 2. The van der Waals surface area contributed by atoms with Gasteiger partial charge in [0.1, 0.15) is 5.69 Å². The second-order valence-electron chi connectivity index (χ2n) is 6.75. The largest absolute Gasteiger partial charge is 0.284 e. The Balaban J connectivity index is 1.72. The van der Waals surface area contributed by atoms with Gasteiger partial charge in [0, 0.05) is 10.9 Å². The van der Waals surface area contributed by atoms with Crippen LogP contribution in [0.5, 0.6) is 0 Å². The highest BCUT2D eigenvalue weighted by Gasteiger charge is 2.25. The third-order valence-corrected chi connectivity index (χ3v) is 5.24. The van der Waals surface area contributed by atoms with Crippen molar-refractivity contribution >= 4 is 10.8 Å². The van der Waals surface area contributed by atoms with Crippen LogP contribution in [0, 0.1) is 0 Å². The molecule has 1 aliphatic heterocycles. The van der Waals surface area contributed by atoms with E-state index in [1.807, 2.05) is 24.3 Å². The molecule has 24 heavy (non-hydrogen) atoms. The molecule has 1 aromatic heterocycles. The van der Waals surface area contributed by atoms with Gasteiger partial charge in [-0.1, -0.05) is 42.8 Å². The number of nitrogens with zero attached hydrogens (tertiary/aromatic N) is 3. The van der Waals surface area contributed by atoms with E-state index in [0.717, 1.165) is 40.7 Å². The summed E-state index contributed by atoms with van der Waals surface area (Å²) in [4.78, 5) is 15.3. The average Bonchev–Trinajstić information content (AvgIpc) is 2.95. The first-order chi connectivity index (χ1) is 11.8. The van der Waals surface area contributed by atoms with Gasteiger partial charge >= 0.3 is 0 Å². The maximum absolute atomic E-state index is 13.0. The molecular formula is C20H19N3O. The van der Waals surface area contributed by atoms with Gasteiger partial charge in [0.25, 0.3) is 5.56 Å². The van der Waals surface area contributed by atoms with Crippen LogP contribution in [0.1, 0.15) is 19.3 Å². The zero-order valence-electron chi connectivity index (χ0n) is 13.5. The summed E-state index contributed by atoms with van der Waals surface area (Å²) in [6, 6.07) is 14.3. The number of rotatable bonds is 2. The smallest absolute Gasteiger partial charge is 0.275 e. The minimum absolute atomic E-state index is 0.0222. The summed E-state index contributed by atoms with van der Waals surface area (Å²) >= 11 is 0. The summed E-state index contributed by atoms with van der Waals surface area (Å²) in [6.07, 6.45) is 3.71. The number of hydrogen-bond acceptors (Lipinski definition) is 3. The molecule has 1 fully saturated rings. The fourth-order valence-electron chi connectivity index (χ4n) is 4.06. The molecule has 5 rings (SSSR count). The van der Waals surface area contributed by atoms with Crippen molar-refractivity contribution in [1.82, 2.24) is 14.7 Å². The first kappa shape index (κ1) is 13.9. The van der Waals surface area contributed by atoms with Crippen molar-refractivity contribution < 1.29 is 0 Å². The van der Waals surface area contributed by atoms with Gasteiger partial charge in [-0.05, 0) is 43.1 Å². The van der Waals surface area contributed by atoms with Crippen molar-refractivity contribution in [3.8, 4) is 22.4 Å². The first-order valence-corrected chi connectivity index (χ1v) is 8.69. The molecule has 4 heteroatoms. The highest BCUT2D eigenvalue weighted by molar-refractivity contribution is 6.13. The lowest BCUT2D eigenvalue weighted by atomic mass is 10.0. The van der Waals surface area contributed by atoms with Gasteiger partial charge in [0.05, 0.1) is 12.1 Å². The standard InChI is InChI=1S/C20H19N3O/c24-20-17-10-6-9-15-14-7-2-3-8-16(14)19(18(15)17)21-23(20)13-22-11-4-1-5-12-22/h2-3,6-10H,1,4-5,11-13H2. The molecule has 3 aromatic rings. The third kappa shape index (κ3) is 1.96. The Bertz CT molecular complexity index is 999. The molecule has 2 aliphatic rings. The topological polar surface area (TPSA) is 38.1 Å². The van der Waals surface area contributed by atoms with Crippen LogP contribution in [0.3, 0.4) is 0 Å². The van der Waals surface area contributed by atoms with Crippen LogP contribution in [0.4, 0.5) is 0 Å². The molecular weight excluding hydrogens is 298 g/mol. The van der Waals surface area contributed by atoms with Crippen LogP contribution in [-0.4, -0.2) is 27.8 Å². The van der Waals surface area contributed by atoms with Crippen LogP contribution >= 0.6 is 0 Å². The maximum Gasteiger partial charge on any atom is 0.275 e. The van der Waals surface area contributed by atoms with E-state index < -0.39 is 0 Å². The quantitative estimate of drug-likeness (QED) is 0.568. The maximum atomic E-state index is 13.0. The number of aromatic nitrogens is 2. The van der Waals surface area contributed by atoms with Crippen molar-refractivity contribution in [3.63, 3.8) is 0 Å². The number of piperidine rings is 1. The molecule has 0 atom stereocenters. The molecule has 2 aromatic carbocycles. The van der Waals surface area contributed by atoms with Crippen molar-refractivity contribution in [2.24, 2.45) is 0 Å². The van der Waals surface area contributed by atoms with E-state index in [-0.39, 0.29) is 5.56 Å². The second kappa shape index (κ2) is 5.28. The third-order valence-electron chi connectivity index (χ3n) is 5.24. The Morgan fingerprint density at radius 2 is 1.62 bits per heavy atom. The Kier molecular flexibility index (Phi) is 3.06. The summed E-state index contributed by atoms with van der Waals surface area (Å²) in [5.41, 5.74) is 4.42. The molecule has 0 unspecified atom stereocenters. The predicted octanol–water partition coefficient (Wildman–Crippen LogP) is 3.49. The Labute approximate surface area is 140 Å². The van der Waals surface area contributed by atoms with Crippen molar-refractivity contribution in [3.05, 3.63) is 52.8 Å². The van der Waals surface area contributed by atoms with Crippen molar-refractivity contribution in [2.75, 3.05) is 13.1 Å². The van der Waals surface area contributed by atoms with Gasteiger partial charge in [-0.25, -0.2) is 4.68 Å². The van der Waals surface area contributed by atoms with E-state index in [1.54, 1.807) is 4.68 Å². The number of hydrogen-bond donors (Lipinski definition) is 0. The molecule has 0 amide bonds. The Morgan fingerprint density at radius 1 is 0.875 bits per heavy atom. The molecule has 2 heterocycles. The van der Waals surface area contributed by atoms with E-state index in [2.05, 4.69) is 23.1 Å². The summed E-state index contributed by atoms with van der Waals surface area (Å²) in [5.74, 6) is 0. The summed E-state index contributed by atoms with van der Waals surface area (Å²) in [6.45, 7) is 2.70. The normalized spacial score (nSPS) is 16.5. The summed E-state index contributed by atoms with van der Waals surface area (Å²) < 4.78 is 1.66. The average molecular weight is 317 g/mol. The fraction of sp³-hybridized carbons (Fsp3) is 0.300. The zero-order valence-corrected chi connectivity index (χ0v) is 13.5. The van der Waals surface area contributed by atoms with Crippen LogP contribution in [0.2, 0.25) is 0 Å². The van der Waals surface area contributed by atoms with Gasteiger partial charge in [-0.15, -0.1) is 0 Å². The van der Waals surface area contributed by atoms with Gasteiger partial charge in [-0.2, -0.15) is 5.10 Å². The summed E-state index contributed by atoms with van der Waals surface area (Å²) in [7, 11) is 0. The van der Waals surface area contributed by atoms with Crippen LogP contribution in [-0.2, 0) is 6.67 Å². The van der Waals surface area contributed by atoms with E-state index >= 15 is 0 Å². The molecule has 0 spiro atoms. The number of likely N-dealkylation sites (tertiary alicyclic amines) is 1. The summed E-state index contributed by atoms with van der Waals surface area (Å²) in [5, 5.41) is 6.56. The molecule has 1 aliphatic carbocycles. The zero-order chi connectivity index (χ0) is 16.1. The lowest BCUT2D eigenvalue weighted by Gasteiger charge is -2.26. The van der Waals surface area contributed by atoms with Gasteiger partial charge in [-0.3, -0.25) is 9.69 Å². The van der Waals surface area contributed by atoms with E-state index in [9.17, 15) is 4.79 Å². The lowest BCUT2D eigenvalue weighted by molar-refractivity contribution is 0.170. The lowest BCUT2D eigenvalue weighted by Crippen LogP contribution is -2.37. The minimum atomic E-state index is 0.0222. The molecule has 1 saturated heterocycles. The molecule has 4 nitrogen and oxygen atoms in total. The van der Waals surface area contributed by atoms with E-state index in [0.29, 0.717) is 6.67 Å². The van der Waals surface area contributed by atoms with Crippen LogP contribution < -0.4 is 5.56 Å². The fourth-order valence-corrected chi connectivity index (χ4v) is 4.06. The molecule has 0 bridgehead atoms. The van der Waals surface area contributed by atoms with Crippen molar-refractivity contribution in [2.45, 2.75) is 25.9 Å². The molecule has 0 saturated carbocycles. The second-order valence-corrected chi connectivity index (χ2v) is 6.75. The molecule has 0 N–H and O–H groups in total. The highest BCUT2D eigenvalue weighted by Crippen LogP contribution is 2.44. The highest BCUT2D eigenvalue weighted by atomic mass is 16.1. The molecule has 120 valence electrons. The van der Waals surface area contributed by atoms with Crippen LogP contribution in [0.25, 0.3) is 33.2 Å².